The lowest BCUT2D eigenvalue weighted by molar-refractivity contribution is -0.161. The van der Waals surface area contributed by atoms with Crippen LogP contribution in [0.3, 0.4) is 0 Å². The second-order valence-electron chi connectivity index (χ2n) is 13.1. The number of amides is 2. The van der Waals surface area contributed by atoms with Crippen LogP contribution in [0.4, 0.5) is 5.82 Å². The van der Waals surface area contributed by atoms with Gasteiger partial charge in [-0.15, -0.1) is 13.2 Å². The summed E-state index contributed by atoms with van der Waals surface area (Å²) in [4.78, 5) is 51.9. The van der Waals surface area contributed by atoms with Gasteiger partial charge in [0.2, 0.25) is 5.91 Å². The number of aromatic nitrogens is 4. The summed E-state index contributed by atoms with van der Waals surface area (Å²) in [7, 11) is -2.25. The zero-order valence-corrected chi connectivity index (χ0v) is 29.5. The van der Waals surface area contributed by atoms with Crippen LogP contribution in [-0.2, 0) is 28.2 Å². The fourth-order valence-electron chi connectivity index (χ4n) is 4.81. The molecule has 0 bridgehead atoms. The smallest absolute Gasteiger partial charge is 0.328 e. The van der Waals surface area contributed by atoms with E-state index in [0.717, 1.165) is 0 Å². The van der Waals surface area contributed by atoms with E-state index in [1.54, 1.807) is 47.9 Å². The molecule has 0 aliphatic carbocycles. The lowest BCUT2D eigenvalue weighted by Gasteiger charge is -2.37. The Kier molecular flexibility index (Phi) is 12.0. The van der Waals surface area contributed by atoms with E-state index < -0.39 is 44.9 Å². The Balaban J connectivity index is 1.67. The summed E-state index contributed by atoms with van der Waals surface area (Å²) in [6, 6.07) is 7.83. The first-order valence-corrected chi connectivity index (χ1v) is 18.8. The molecule has 0 unspecified atom stereocenters. The van der Waals surface area contributed by atoms with Gasteiger partial charge in [-0.05, 0) is 43.6 Å². The van der Waals surface area contributed by atoms with E-state index in [1.807, 2.05) is 6.07 Å². The molecular formula is C34H46N6O7Si. The largest absolute Gasteiger partial charge is 0.455 e. The molecule has 13 nitrogen and oxygen atoms in total. The van der Waals surface area contributed by atoms with Crippen molar-refractivity contribution in [1.29, 1.82) is 0 Å². The minimum absolute atomic E-state index is 0.0851. The van der Waals surface area contributed by atoms with Crippen LogP contribution < -0.4 is 10.6 Å². The van der Waals surface area contributed by atoms with Crippen molar-refractivity contribution in [2.75, 3.05) is 18.5 Å². The lowest BCUT2D eigenvalue weighted by Crippen LogP contribution is -2.48. The molecule has 1 fully saturated rings. The van der Waals surface area contributed by atoms with E-state index >= 15 is 0 Å². The molecule has 0 radical (unpaired) electrons. The van der Waals surface area contributed by atoms with E-state index in [4.69, 9.17) is 18.6 Å². The number of imidazole rings is 1. The van der Waals surface area contributed by atoms with Crippen molar-refractivity contribution in [3.63, 3.8) is 0 Å². The van der Waals surface area contributed by atoms with Crippen LogP contribution in [0.1, 0.15) is 57.1 Å². The quantitative estimate of drug-likeness (QED) is 0.128. The van der Waals surface area contributed by atoms with Crippen molar-refractivity contribution in [1.82, 2.24) is 24.8 Å². The van der Waals surface area contributed by atoms with E-state index in [0.29, 0.717) is 23.1 Å². The van der Waals surface area contributed by atoms with Gasteiger partial charge in [-0.3, -0.25) is 14.2 Å². The summed E-state index contributed by atoms with van der Waals surface area (Å²) >= 11 is 0. The van der Waals surface area contributed by atoms with Gasteiger partial charge in [0.15, 0.2) is 37.6 Å². The van der Waals surface area contributed by atoms with Gasteiger partial charge in [-0.1, -0.05) is 51.1 Å². The van der Waals surface area contributed by atoms with Crippen molar-refractivity contribution < 1.29 is 33.0 Å². The lowest BCUT2D eigenvalue weighted by atomic mass is 10.1. The Bertz CT molecular complexity index is 1610. The minimum atomic E-state index is -2.25. The van der Waals surface area contributed by atoms with E-state index in [2.05, 4.69) is 72.6 Å². The van der Waals surface area contributed by atoms with Crippen LogP contribution in [0, 0.1) is 0 Å². The van der Waals surface area contributed by atoms with Crippen molar-refractivity contribution in [2.24, 2.45) is 0 Å². The van der Waals surface area contributed by atoms with Crippen molar-refractivity contribution in [3.8, 4) is 0 Å². The molecule has 4 rings (SSSR count). The maximum atomic E-state index is 13.4. The van der Waals surface area contributed by atoms with Gasteiger partial charge in [0, 0.05) is 12.0 Å². The van der Waals surface area contributed by atoms with Gasteiger partial charge in [-0.2, -0.15) is 0 Å². The number of esters is 1. The fourth-order valence-corrected chi connectivity index (χ4v) is 5.83. The zero-order valence-electron chi connectivity index (χ0n) is 28.5. The van der Waals surface area contributed by atoms with Crippen molar-refractivity contribution in [2.45, 2.75) is 89.3 Å². The second-order valence-corrected chi connectivity index (χ2v) is 17.9. The van der Waals surface area contributed by atoms with E-state index in [9.17, 15) is 14.4 Å². The van der Waals surface area contributed by atoms with Gasteiger partial charge in [-0.25, -0.2) is 19.7 Å². The van der Waals surface area contributed by atoms with Gasteiger partial charge in [0.25, 0.3) is 5.91 Å². The second kappa shape index (κ2) is 15.8. The number of hydrogen-bond acceptors (Lipinski definition) is 10. The molecular weight excluding hydrogens is 632 g/mol. The Hall–Kier alpha value is -4.24. The van der Waals surface area contributed by atoms with Crippen LogP contribution >= 0.6 is 0 Å². The standard InChI is InChI=1S/C34H46N6O7Si/c1-9-11-17-25(41)38-22(3)33(43)47-27-24(19-45-48(7,8)34(4,5)6)46-32(28(27)44-18-10-2)40-21-37-26-29(35-20-36-30(26)40)39-31(42)23-15-13-12-14-16-23/h9-10,12-16,20-22,24,27-28,32H,1-2,11,17-19H2,3-8H3,(H,38,41)(H,35,36,39,42)/t22-,24+,27+,28+,32+/m0/s1. The topological polar surface area (TPSA) is 156 Å². The molecule has 0 saturated carbocycles. The van der Waals surface area contributed by atoms with E-state index in [1.165, 1.54) is 12.7 Å². The third kappa shape index (κ3) is 8.61. The average molecular weight is 679 g/mol. The number of hydrogen-bond donors (Lipinski definition) is 2. The molecule has 1 saturated heterocycles. The molecule has 3 aromatic rings. The average Bonchev–Trinajstić information content (AvgIpc) is 3.63. The molecule has 2 amide bonds. The van der Waals surface area contributed by atoms with Gasteiger partial charge >= 0.3 is 5.97 Å². The first-order chi connectivity index (χ1) is 22.8. The van der Waals surface area contributed by atoms with Crippen LogP contribution in [-0.4, -0.2) is 83.2 Å². The van der Waals surface area contributed by atoms with Crippen molar-refractivity contribution in [3.05, 3.63) is 73.9 Å². The Labute approximate surface area is 282 Å². The van der Waals surface area contributed by atoms with Crippen LogP contribution in [0.2, 0.25) is 18.1 Å². The molecule has 5 atom stereocenters. The minimum Gasteiger partial charge on any atom is -0.455 e. The predicted molar refractivity (Wildman–Crippen MR) is 184 cm³/mol. The molecule has 2 N–H and O–H groups in total. The highest BCUT2D eigenvalue weighted by Gasteiger charge is 2.51. The van der Waals surface area contributed by atoms with Gasteiger partial charge in [0.05, 0.1) is 19.5 Å². The number of carbonyl (C=O) groups is 3. The third-order valence-electron chi connectivity index (χ3n) is 8.57. The molecule has 258 valence electrons. The van der Waals surface area contributed by atoms with E-state index in [-0.39, 0.29) is 42.3 Å². The SMILES string of the molecule is C=CCCC(=O)N[C@@H](C)C(=O)O[C@H]1[C@@H](OCC=C)[C@H](n2cnc3c(NC(=O)c4ccccc4)ncnc32)O[C@@H]1CO[Si](C)(C)C(C)(C)C. The zero-order chi connectivity index (χ0) is 35.1. The maximum Gasteiger partial charge on any atom is 0.328 e. The van der Waals surface area contributed by atoms with Crippen LogP contribution in [0.15, 0.2) is 68.3 Å². The number of rotatable bonds is 15. The number of fused-ring (bicyclic) bond motifs is 1. The molecule has 1 aliphatic rings. The number of allylic oxidation sites excluding steroid dienone is 1. The number of ether oxygens (including phenoxy) is 3. The highest BCUT2D eigenvalue weighted by molar-refractivity contribution is 6.74. The first kappa shape index (κ1) is 36.6. The van der Waals surface area contributed by atoms with Crippen molar-refractivity contribution >= 4 is 43.1 Å². The molecule has 3 heterocycles. The molecule has 2 aromatic heterocycles. The maximum absolute atomic E-state index is 13.4. The molecule has 1 aliphatic heterocycles. The highest BCUT2D eigenvalue weighted by Crippen LogP contribution is 2.40. The highest BCUT2D eigenvalue weighted by atomic mass is 28.4. The fraction of sp³-hybridized carbons (Fsp3) is 0.471. The summed E-state index contributed by atoms with van der Waals surface area (Å²) in [6.45, 7) is 19.9. The molecule has 14 heteroatoms. The number of benzene rings is 1. The van der Waals surface area contributed by atoms with Gasteiger partial charge in [0.1, 0.15) is 24.6 Å². The number of anilines is 1. The normalized spacial score (nSPS) is 20.2. The van der Waals surface area contributed by atoms with Gasteiger partial charge < -0.3 is 29.3 Å². The summed E-state index contributed by atoms with van der Waals surface area (Å²) in [5.41, 5.74) is 1.16. The molecule has 0 spiro atoms. The van der Waals surface area contributed by atoms with Crippen LogP contribution in [0.5, 0.6) is 0 Å². The first-order valence-electron chi connectivity index (χ1n) is 15.9. The third-order valence-corrected chi connectivity index (χ3v) is 13.1. The Morgan fingerprint density at radius 3 is 2.48 bits per heavy atom. The molecule has 48 heavy (non-hydrogen) atoms. The summed E-state index contributed by atoms with van der Waals surface area (Å²) in [5, 5.41) is 5.41. The monoisotopic (exact) mass is 678 g/mol. The predicted octanol–water partition coefficient (Wildman–Crippen LogP) is 4.95. The number of carbonyl (C=O) groups excluding carboxylic acids is 3. The Morgan fingerprint density at radius 1 is 1.08 bits per heavy atom. The summed E-state index contributed by atoms with van der Waals surface area (Å²) < 4.78 is 27.1. The number of nitrogens with one attached hydrogen (secondary N) is 2. The Morgan fingerprint density at radius 2 is 1.81 bits per heavy atom. The van der Waals surface area contributed by atoms with Crippen LogP contribution in [0.25, 0.3) is 11.2 Å². The summed E-state index contributed by atoms with van der Waals surface area (Å²) in [5.74, 6) is -1.08. The molecule has 1 aromatic carbocycles. The summed E-state index contributed by atoms with van der Waals surface area (Å²) in [6.07, 6.45) is 3.35. The number of nitrogens with zero attached hydrogens (tertiary/aromatic N) is 4.